The fraction of sp³-hybridized carbons (Fsp3) is 0.226. The summed E-state index contributed by atoms with van der Waals surface area (Å²) in [5, 5.41) is 22.6. The van der Waals surface area contributed by atoms with Crippen LogP contribution in [0.1, 0.15) is 50.3 Å². The summed E-state index contributed by atoms with van der Waals surface area (Å²) in [6.45, 7) is 8.78. The van der Waals surface area contributed by atoms with E-state index in [4.69, 9.17) is 15.2 Å². The third-order valence-electron chi connectivity index (χ3n) is 6.00. The van der Waals surface area contributed by atoms with Crippen molar-refractivity contribution in [1.82, 2.24) is 0 Å². The highest BCUT2D eigenvalue weighted by Gasteiger charge is 2.29. The Morgan fingerprint density at radius 3 is 1.82 bits per heavy atom. The lowest BCUT2D eigenvalue weighted by Crippen LogP contribution is -2.05. The lowest BCUT2D eigenvalue weighted by molar-refractivity contribution is 0.314. The minimum absolute atomic E-state index is 0.166. The van der Waals surface area contributed by atoms with Gasteiger partial charge in [0.05, 0.1) is 23.0 Å². The van der Waals surface area contributed by atoms with Gasteiger partial charge in [-0.05, 0) is 54.3 Å². The highest BCUT2D eigenvalue weighted by molar-refractivity contribution is 8.02. The molecule has 4 rings (SSSR count). The van der Waals surface area contributed by atoms with Crippen molar-refractivity contribution in [1.29, 1.82) is 10.5 Å². The van der Waals surface area contributed by atoms with Gasteiger partial charge in [0.1, 0.15) is 23.3 Å². The van der Waals surface area contributed by atoms with E-state index in [0.29, 0.717) is 41.2 Å². The molecule has 38 heavy (non-hydrogen) atoms. The van der Waals surface area contributed by atoms with E-state index >= 15 is 0 Å². The first kappa shape index (κ1) is 27.3. The molecular weight excluding hydrogens is 510 g/mol. The monoisotopic (exact) mass is 539 g/mol. The number of rotatable bonds is 9. The zero-order valence-electron chi connectivity index (χ0n) is 21.9. The number of nitrogen functional groups attached to an aromatic ring is 1. The van der Waals surface area contributed by atoms with E-state index < -0.39 is 0 Å². The van der Waals surface area contributed by atoms with Crippen LogP contribution < -0.4 is 15.2 Å². The molecule has 0 aromatic heterocycles. The van der Waals surface area contributed by atoms with E-state index in [1.165, 1.54) is 34.5 Å². The number of fused-ring (bicyclic) bond motifs is 1. The quantitative estimate of drug-likeness (QED) is 0.214. The first-order valence-electron chi connectivity index (χ1n) is 12.5. The summed E-state index contributed by atoms with van der Waals surface area (Å²) in [7, 11) is 0. The molecule has 0 atom stereocenters. The number of nitrogens with zero attached hydrogens (tertiary/aromatic N) is 2. The number of nitrogens with two attached hydrogens (primary N) is 1. The topological polar surface area (TPSA) is 92.1 Å². The molecule has 4 aromatic carbocycles. The third kappa shape index (κ3) is 5.27. The molecule has 2 N–H and O–H groups in total. The van der Waals surface area contributed by atoms with E-state index in [1.54, 1.807) is 0 Å². The lowest BCUT2D eigenvalue weighted by Gasteiger charge is -2.22. The van der Waals surface area contributed by atoms with Crippen molar-refractivity contribution in [3.8, 4) is 23.6 Å². The standard InChI is InChI=1S/C31H29N3O2S2/c1-5-35-28-23(17-32)24(18-33)29(36-6-2)31(38-27-15-8-7-14-25(27)34)30(28)37-26-16-10-12-21-20(19(3)4)11-9-13-22(21)26/h7-16,19H,5-6,34H2,1-4H3. The van der Waals surface area contributed by atoms with Crippen LogP contribution in [0.3, 0.4) is 0 Å². The van der Waals surface area contributed by atoms with Crippen LogP contribution in [-0.2, 0) is 0 Å². The van der Waals surface area contributed by atoms with E-state index in [-0.39, 0.29) is 11.1 Å². The second-order valence-electron chi connectivity index (χ2n) is 8.75. The van der Waals surface area contributed by atoms with Crippen LogP contribution in [0.25, 0.3) is 10.8 Å². The van der Waals surface area contributed by atoms with Crippen LogP contribution in [-0.4, -0.2) is 13.2 Å². The number of hydrogen-bond donors (Lipinski definition) is 1. The summed E-state index contributed by atoms with van der Waals surface area (Å²) in [5.74, 6) is 1.12. The zero-order valence-corrected chi connectivity index (χ0v) is 23.5. The highest BCUT2D eigenvalue weighted by atomic mass is 32.2. The number of para-hydroxylation sites is 1. The first-order chi connectivity index (χ1) is 18.4. The fourth-order valence-corrected chi connectivity index (χ4v) is 6.65. The molecule has 0 radical (unpaired) electrons. The van der Waals surface area contributed by atoms with Crippen molar-refractivity contribution < 1.29 is 9.47 Å². The Morgan fingerprint density at radius 2 is 1.26 bits per heavy atom. The maximum absolute atomic E-state index is 10.2. The van der Waals surface area contributed by atoms with Crippen LogP contribution in [0.4, 0.5) is 5.69 Å². The maximum atomic E-state index is 10.2. The average molecular weight is 540 g/mol. The largest absolute Gasteiger partial charge is 0.491 e. The average Bonchev–Trinajstić information content (AvgIpc) is 2.92. The predicted octanol–water partition coefficient (Wildman–Crippen LogP) is 8.39. The second kappa shape index (κ2) is 12.2. The van der Waals surface area contributed by atoms with Gasteiger partial charge in [0.15, 0.2) is 11.5 Å². The van der Waals surface area contributed by atoms with Crippen molar-refractivity contribution in [3.05, 3.63) is 77.4 Å². The molecular formula is C31H29N3O2S2. The minimum Gasteiger partial charge on any atom is -0.491 e. The summed E-state index contributed by atoms with van der Waals surface area (Å²) in [6, 6.07) is 24.6. The molecule has 0 aliphatic heterocycles. The van der Waals surface area contributed by atoms with Gasteiger partial charge in [-0.1, -0.05) is 79.8 Å². The Hall–Kier alpha value is -3.78. The van der Waals surface area contributed by atoms with E-state index in [0.717, 1.165) is 20.1 Å². The SMILES string of the molecule is CCOc1c(C#N)c(C#N)c(OCC)c(Sc2cccc3c(C(C)C)cccc23)c1Sc1ccccc1N. The molecule has 4 aromatic rings. The van der Waals surface area contributed by atoms with Crippen LogP contribution in [0, 0.1) is 22.7 Å². The molecule has 5 nitrogen and oxygen atoms in total. The Balaban J connectivity index is 2.05. The third-order valence-corrected chi connectivity index (χ3v) is 8.49. The van der Waals surface area contributed by atoms with Crippen LogP contribution in [0.15, 0.2) is 80.2 Å². The summed E-state index contributed by atoms with van der Waals surface area (Å²) in [5.41, 5.74) is 8.55. The summed E-state index contributed by atoms with van der Waals surface area (Å²) >= 11 is 2.93. The molecule has 0 bridgehead atoms. The van der Waals surface area contributed by atoms with Crippen LogP contribution in [0.5, 0.6) is 11.5 Å². The van der Waals surface area contributed by atoms with E-state index in [1.807, 2.05) is 38.1 Å². The molecule has 0 aliphatic carbocycles. The van der Waals surface area contributed by atoms with Crippen LogP contribution >= 0.6 is 23.5 Å². The summed E-state index contributed by atoms with van der Waals surface area (Å²) in [4.78, 5) is 3.27. The lowest BCUT2D eigenvalue weighted by atomic mass is 9.96. The van der Waals surface area contributed by atoms with Gasteiger partial charge < -0.3 is 15.2 Å². The molecule has 0 amide bonds. The smallest absolute Gasteiger partial charge is 0.153 e. The van der Waals surface area contributed by atoms with Crippen molar-refractivity contribution in [2.75, 3.05) is 18.9 Å². The molecule has 0 spiro atoms. The maximum Gasteiger partial charge on any atom is 0.153 e. The van der Waals surface area contributed by atoms with Crippen molar-refractivity contribution >= 4 is 40.0 Å². The molecule has 7 heteroatoms. The van der Waals surface area contributed by atoms with Gasteiger partial charge in [0.2, 0.25) is 0 Å². The van der Waals surface area contributed by atoms with Crippen molar-refractivity contribution in [2.24, 2.45) is 0 Å². The molecule has 0 saturated heterocycles. The second-order valence-corrected chi connectivity index (χ2v) is 10.9. The predicted molar refractivity (Wildman–Crippen MR) is 155 cm³/mol. The highest BCUT2D eigenvalue weighted by Crippen LogP contribution is 2.53. The number of anilines is 1. The Labute approximate surface area is 232 Å². The van der Waals surface area contributed by atoms with Gasteiger partial charge in [-0.15, -0.1) is 0 Å². The van der Waals surface area contributed by atoms with Gasteiger partial charge >= 0.3 is 0 Å². The van der Waals surface area contributed by atoms with Gasteiger partial charge in [0.25, 0.3) is 0 Å². The van der Waals surface area contributed by atoms with Gasteiger partial charge in [-0.3, -0.25) is 0 Å². The summed E-state index contributed by atoms with van der Waals surface area (Å²) in [6.07, 6.45) is 0. The van der Waals surface area contributed by atoms with Gasteiger partial charge in [-0.2, -0.15) is 10.5 Å². The number of benzene rings is 4. The number of ether oxygens (including phenoxy) is 2. The molecule has 0 aliphatic rings. The fourth-order valence-electron chi connectivity index (χ4n) is 4.31. The molecule has 0 fully saturated rings. The molecule has 0 saturated carbocycles. The zero-order chi connectivity index (χ0) is 27.2. The van der Waals surface area contributed by atoms with Crippen molar-refractivity contribution in [3.63, 3.8) is 0 Å². The Bertz CT molecular complexity index is 1570. The Kier molecular flexibility index (Phi) is 8.73. The minimum atomic E-state index is 0.166. The molecule has 192 valence electrons. The number of nitriles is 2. The summed E-state index contributed by atoms with van der Waals surface area (Å²) < 4.78 is 12.2. The van der Waals surface area contributed by atoms with E-state index in [2.05, 4.69) is 62.4 Å². The molecule has 0 heterocycles. The normalized spacial score (nSPS) is 10.8. The molecule has 0 unspecified atom stereocenters. The van der Waals surface area contributed by atoms with E-state index in [9.17, 15) is 10.5 Å². The van der Waals surface area contributed by atoms with Crippen LogP contribution in [0.2, 0.25) is 0 Å². The first-order valence-corrected chi connectivity index (χ1v) is 14.1. The Morgan fingerprint density at radius 1 is 0.737 bits per heavy atom. The van der Waals surface area contributed by atoms with Crippen molar-refractivity contribution in [2.45, 2.75) is 53.2 Å². The van der Waals surface area contributed by atoms with Gasteiger partial charge in [-0.25, -0.2) is 0 Å². The van der Waals surface area contributed by atoms with Gasteiger partial charge in [0, 0.05) is 15.5 Å². The number of hydrogen-bond acceptors (Lipinski definition) is 7.